The van der Waals surface area contributed by atoms with Crippen LogP contribution in [0.5, 0.6) is 0 Å². The zero-order valence-electron chi connectivity index (χ0n) is 33.2. The molecule has 0 radical (unpaired) electrons. The van der Waals surface area contributed by atoms with E-state index in [9.17, 15) is 14.8 Å². The molecule has 0 fully saturated rings. The topological polar surface area (TPSA) is 100 Å². The minimum absolute atomic E-state index is 0.132. The fraction of sp³-hybridized carbons (Fsp3) is 0.925. The Labute approximate surface area is 304 Å². The van der Waals surface area contributed by atoms with Crippen LogP contribution in [0.25, 0.3) is 0 Å². The maximum atomic E-state index is 13.1. The number of rotatable bonds is 37. The molecule has 1 amide bonds. The molecule has 0 aliphatic rings. The Morgan fingerprint density at radius 2 is 1.14 bits per heavy atom. The summed E-state index contributed by atoms with van der Waals surface area (Å²) >= 11 is 0. The van der Waals surface area contributed by atoms with Gasteiger partial charge in [-0.1, -0.05) is 167 Å². The molecule has 8 nitrogen and oxygen atoms in total. The second kappa shape index (κ2) is 33.3. The molecule has 49 heavy (non-hydrogen) atoms. The average molecular weight is 718 g/mol. The molecule has 0 aromatic heterocycles. The number of carbonyl (C=O) groups excluding carboxylic acids is 1. The first-order valence-electron chi connectivity index (χ1n) is 20.5. The van der Waals surface area contributed by atoms with Crippen LogP contribution >= 0.6 is 8.17 Å². The molecule has 0 aromatic rings. The SMILES string of the molecule is CCCCCCCCCCCCC/C=C/[C@@H](O)[C@H](CO[P+]([O-])(OC)OCC[N+](C)(C)C)NC(=O)CCCCCCCCCCCCCCC. The highest BCUT2D eigenvalue weighted by atomic mass is 31.2. The van der Waals surface area contributed by atoms with Crippen molar-refractivity contribution in [3.63, 3.8) is 0 Å². The molecule has 2 N–H and O–H groups in total. The lowest BCUT2D eigenvalue weighted by Crippen LogP contribution is -2.46. The van der Waals surface area contributed by atoms with E-state index >= 15 is 0 Å². The lowest BCUT2D eigenvalue weighted by Gasteiger charge is -2.29. The molecule has 9 heteroatoms. The summed E-state index contributed by atoms with van der Waals surface area (Å²) in [5.41, 5.74) is 0. The van der Waals surface area contributed by atoms with E-state index in [-0.39, 0.29) is 19.1 Å². The van der Waals surface area contributed by atoms with Crippen molar-refractivity contribution in [2.75, 3.05) is 48.0 Å². The second-order valence-electron chi connectivity index (χ2n) is 15.2. The lowest BCUT2D eigenvalue weighted by molar-refractivity contribution is -0.870. The second-order valence-corrected chi connectivity index (χ2v) is 17.0. The molecular weight excluding hydrogens is 635 g/mol. The van der Waals surface area contributed by atoms with E-state index in [0.29, 0.717) is 17.4 Å². The van der Waals surface area contributed by atoms with Crippen LogP contribution in [-0.4, -0.2) is 75.7 Å². The van der Waals surface area contributed by atoms with Gasteiger partial charge in [0, 0.05) is 6.42 Å². The highest BCUT2D eigenvalue weighted by molar-refractivity contribution is 7.53. The standard InChI is InChI=1S/C40H81N2O6P/c1-7-9-11-13-15-17-19-21-23-25-27-29-31-33-39(43)38(37-48-49(45,46-6)47-36-35-42(3,4)5)41-40(44)34-32-30-28-26-24-22-20-18-16-14-12-10-8-2/h31,33,38-39,43H,7-30,32,34-37H2,1-6H3/p+1/b33-31+/t38-,39+,49?/m0/s1. The Morgan fingerprint density at radius 3 is 1.57 bits per heavy atom. The van der Waals surface area contributed by atoms with Crippen LogP contribution in [0.3, 0.4) is 0 Å². The number of phosphoric ester groups is 1. The number of likely N-dealkylation sites (N-methyl/N-ethyl adjacent to an activating group) is 1. The van der Waals surface area contributed by atoms with E-state index in [4.69, 9.17) is 13.6 Å². The summed E-state index contributed by atoms with van der Waals surface area (Å²) in [6, 6.07) is -0.756. The summed E-state index contributed by atoms with van der Waals surface area (Å²) < 4.78 is 16.9. The minimum Gasteiger partial charge on any atom is -0.606 e. The van der Waals surface area contributed by atoms with Gasteiger partial charge >= 0.3 is 8.17 Å². The van der Waals surface area contributed by atoms with Gasteiger partial charge in [0.25, 0.3) is 0 Å². The van der Waals surface area contributed by atoms with E-state index in [1.807, 2.05) is 27.2 Å². The van der Waals surface area contributed by atoms with Gasteiger partial charge in [-0.15, -0.1) is 0 Å². The summed E-state index contributed by atoms with van der Waals surface area (Å²) in [4.78, 5) is 26.0. The molecule has 0 saturated heterocycles. The van der Waals surface area contributed by atoms with E-state index in [0.717, 1.165) is 32.1 Å². The molecule has 1 unspecified atom stereocenters. The summed E-state index contributed by atoms with van der Waals surface area (Å²) in [5, 5.41) is 13.9. The van der Waals surface area contributed by atoms with Crippen molar-refractivity contribution in [1.29, 1.82) is 0 Å². The molecule has 0 bridgehead atoms. The molecule has 0 aromatic carbocycles. The monoisotopic (exact) mass is 718 g/mol. The Morgan fingerprint density at radius 1 is 0.714 bits per heavy atom. The van der Waals surface area contributed by atoms with Crippen LogP contribution in [0.1, 0.15) is 181 Å². The molecular formula is C40H82N2O6P+. The summed E-state index contributed by atoms with van der Waals surface area (Å²) in [6.07, 6.45) is 34.5. The van der Waals surface area contributed by atoms with Gasteiger partial charge < -0.3 is 19.8 Å². The molecule has 292 valence electrons. The number of carbonyl (C=O) groups is 1. The average Bonchev–Trinajstić information content (AvgIpc) is 3.06. The van der Waals surface area contributed by atoms with Crippen molar-refractivity contribution < 1.29 is 32.8 Å². The number of hydrogen-bond donors (Lipinski definition) is 2. The van der Waals surface area contributed by atoms with Gasteiger partial charge in [0.05, 0.1) is 40.4 Å². The van der Waals surface area contributed by atoms with E-state index < -0.39 is 20.3 Å². The van der Waals surface area contributed by atoms with Gasteiger partial charge in [-0.2, -0.15) is 13.6 Å². The normalized spacial score (nSPS) is 14.7. The maximum Gasteiger partial charge on any atom is 0.379 e. The van der Waals surface area contributed by atoms with E-state index in [2.05, 4.69) is 19.2 Å². The molecule has 0 heterocycles. The first-order chi connectivity index (χ1) is 23.6. The zero-order chi connectivity index (χ0) is 36.5. The first-order valence-corrected chi connectivity index (χ1v) is 21.9. The molecule has 0 saturated carbocycles. The number of hydrogen-bond acceptors (Lipinski definition) is 6. The molecule has 0 rings (SSSR count). The van der Waals surface area contributed by atoms with Crippen molar-refractivity contribution >= 4 is 14.1 Å². The summed E-state index contributed by atoms with van der Waals surface area (Å²) in [5.74, 6) is -0.132. The number of aliphatic hydroxyl groups excluding tert-OH is 1. The fourth-order valence-corrected chi connectivity index (χ4v) is 6.78. The van der Waals surface area contributed by atoms with Crippen molar-refractivity contribution in [2.45, 2.75) is 193 Å². The number of allylic oxidation sites excluding steroid dienone is 1. The Balaban J connectivity index is 4.60. The van der Waals surface area contributed by atoms with Crippen LogP contribution in [0.15, 0.2) is 12.2 Å². The third kappa shape index (κ3) is 33.0. The Hall–Kier alpha value is -0.600. The van der Waals surface area contributed by atoms with Gasteiger partial charge in [0.2, 0.25) is 5.91 Å². The number of quaternary nitrogens is 1. The largest absolute Gasteiger partial charge is 0.606 e. The summed E-state index contributed by atoms with van der Waals surface area (Å²) in [6.45, 7) is 5.17. The molecule has 3 atom stereocenters. The molecule has 0 aliphatic carbocycles. The quantitative estimate of drug-likeness (QED) is 0.0287. The minimum atomic E-state index is -3.83. The predicted molar refractivity (Wildman–Crippen MR) is 207 cm³/mol. The fourth-order valence-electron chi connectivity index (χ4n) is 5.84. The Kier molecular flexibility index (Phi) is 32.8. The third-order valence-electron chi connectivity index (χ3n) is 9.22. The zero-order valence-corrected chi connectivity index (χ0v) is 34.1. The van der Waals surface area contributed by atoms with Crippen molar-refractivity contribution in [2.24, 2.45) is 0 Å². The first kappa shape index (κ1) is 48.4. The number of amides is 1. The van der Waals surface area contributed by atoms with Crippen LogP contribution in [0.4, 0.5) is 0 Å². The van der Waals surface area contributed by atoms with Gasteiger partial charge in [-0.25, -0.2) is 0 Å². The molecule has 0 aliphatic heterocycles. The lowest BCUT2D eigenvalue weighted by atomic mass is 10.0. The van der Waals surface area contributed by atoms with Crippen molar-refractivity contribution in [3.8, 4) is 0 Å². The number of aliphatic hydroxyl groups is 1. The molecule has 0 spiro atoms. The maximum absolute atomic E-state index is 13.1. The van der Waals surface area contributed by atoms with Gasteiger partial charge in [0.1, 0.15) is 19.8 Å². The predicted octanol–water partition coefficient (Wildman–Crippen LogP) is 9.99. The van der Waals surface area contributed by atoms with Crippen molar-refractivity contribution in [3.05, 3.63) is 12.2 Å². The van der Waals surface area contributed by atoms with Gasteiger partial charge in [-0.3, -0.25) is 4.79 Å². The van der Waals surface area contributed by atoms with E-state index in [1.54, 1.807) is 6.08 Å². The number of nitrogens with one attached hydrogen (secondary N) is 1. The highest BCUT2D eigenvalue weighted by Crippen LogP contribution is 2.52. The number of phosphoric acid groups is 1. The number of nitrogens with zero attached hydrogens (tertiary/aromatic N) is 1. The van der Waals surface area contributed by atoms with Gasteiger partial charge in [0.15, 0.2) is 0 Å². The van der Waals surface area contributed by atoms with Crippen LogP contribution < -0.4 is 10.2 Å². The van der Waals surface area contributed by atoms with Crippen molar-refractivity contribution in [1.82, 2.24) is 5.32 Å². The smallest absolute Gasteiger partial charge is 0.379 e. The van der Waals surface area contributed by atoms with Crippen LogP contribution in [-0.2, 0) is 18.4 Å². The Bertz CT molecular complexity index is 766. The number of unbranched alkanes of at least 4 members (excludes halogenated alkanes) is 23. The third-order valence-corrected chi connectivity index (χ3v) is 10.6. The van der Waals surface area contributed by atoms with Gasteiger partial charge in [-0.05, 0) is 19.3 Å². The summed E-state index contributed by atoms with van der Waals surface area (Å²) in [7, 11) is 3.51. The highest BCUT2D eigenvalue weighted by Gasteiger charge is 2.35. The van der Waals surface area contributed by atoms with Crippen LogP contribution in [0.2, 0.25) is 0 Å². The van der Waals surface area contributed by atoms with E-state index in [1.165, 1.54) is 136 Å². The van der Waals surface area contributed by atoms with Crippen LogP contribution in [0, 0.1) is 0 Å².